The number of fused-ring (bicyclic) bond motifs is 1. The molecule has 0 unspecified atom stereocenters. The molecule has 3 nitrogen and oxygen atoms in total. The van der Waals surface area contributed by atoms with Crippen molar-refractivity contribution < 1.29 is 0 Å². The van der Waals surface area contributed by atoms with Gasteiger partial charge in [-0.2, -0.15) is 0 Å². The first kappa shape index (κ1) is 9.52. The van der Waals surface area contributed by atoms with Gasteiger partial charge < -0.3 is 10.3 Å². The maximum Gasteiger partial charge on any atom is 0.0961 e. The monoisotopic (exact) mass is 253 g/mol. The van der Waals surface area contributed by atoms with Crippen molar-refractivity contribution >= 4 is 32.7 Å². The SMILES string of the molecule is CC(C)n1cnc2ccc(N)c(Br)c21. The van der Waals surface area contributed by atoms with Gasteiger partial charge in [0.2, 0.25) is 0 Å². The van der Waals surface area contributed by atoms with Crippen LogP contribution in [0.2, 0.25) is 0 Å². The van der Waals surface area contributed by atoms with Gasteiger partial charge in [0.25, 0.3) is 0 Å². The number of nitrogen functional groups attached to an aromatic ring is 1. The van der Waals surface area contributed by atoms with Crippen LogP contribution in [0.3, 0.4) is 0 Å². The first-order chi connectivity index (χ1) is 6.61. The van der Waals surface area contributed by atoms with Crippen molar-refractivity contribution in [3.8, 4) is 0 Å². The van der Waals surface area contributed by atoms with Gasteiger partial charge >= 0.3 is 0 Å². The largest absolute Gasteiger partial charge is 0.398 e. The second-order valence-corrected chi connectivity index (χ2v) is 4.38. The molecule has 74 valence electrons. The summed E-state index contributed by atoms with van der Waals surface area (Å²) in [6.45, 7) is 4.24. The number of anilines is 1. The first-order valence-electron chi connectivity index (χ1n) is 4.51. The van der Waals surface area contributed by atoms with Gasteiger partial charge in [-0.1, -0.05) is 0 Å². The molecule has 1 aromatic heterocycles. The van der Waals surface area contributed by atoms with E-state index in [1.807, 2.05) is 18.5 Å². The molecule has 1 heterocycles. The average Bonchev–Trinajstić information content (AvgIpc) is 2.55. The van der Waals surface area contributed by atoms with Gasteiger partial charge in [0.05, 0.1) is 21.8 Å². The smallest absolute Gasteiger partial charge is 0.0961 e. The number of nitrogens with two attached hydrogens (primary N) is 1. The van der Waals surface area contributed by atoms with E-state index in [-0.39, 0.29) is 0 Å². The Morgan fingerprint density at radius 2 is 2.14 bits per heavy atom. The van der Waals surface area contributed by atoms with Crippen LogP contribution in [-0.4, -0.2) is 9.55 Å². The minimum absolute atomic E-state index is 0.387. The molecule has 14 heavy (non-hydrogen) atoms. The lowest BCUT2D eigenvalue weighted by atomic mass is 10.2. The lowest BCUT2D eigenvalue weighted by Gasteiger charge is -2.09. The third kappa shape index (κ3) is 1.30. The highest BCUT2D eigenvalue weighted by molar-refractivity contribution is 9.10. The van der Waals surface area contributed by atoms with E-state index in [0.29, 0.717) is 6.04 Å². The van der Waals surface area contributed by atoms with Crippen LogP contribution in [-0.2, 0) is 0 Å². The second kappa shape index (κ2) is 3.28. The van der Waals surface area contributed by atoms with Crippen molar-refractivity contribution in [1.29, 1.82) is 0 Å². The summed E-state index contributed by atoms with van der Waals surface area (Å²) in [5.74, 6) is 0. The normalized spacial score (nSPS) is 11.4. The third-order valence-electron chi connectivity index (χ3n) is 2.26. The number of rotatable bonds is 1. The summed E-state index contributed by atoms with van der Waals surface area (Å²) in [4.78, 5) is 4.32. The minimum atomic E-state index is 0.387. The highest BCUT2D eigenvalue weighted by Gasteiger charge is 2.10. The van der Waals surface area contributed by atoms with Crippen LogP contribution in [0, 0.1) is 0 Å². The van der Waals surface area contributed by atoms with Gasteiger partial charge in [0.15, 0.2) is 0 Å². The Hall–Kier alpha value is -1.03. The Balaban J connectivity index is 2.82. The lowest BCUT2D eigenvalue weighted by molar-refractivity contribution is 0.617. The Morgan fingerprint density at radius 1 is 1.43 bits per heavy atom. The molecule has 4 heteroatoms. The number of benzene rings is 1. The van der Waals surface area contributed by atoms with E-state index in [1.165, 1.54) is 0 Å². The van der Waals surface area contributed by atoms with Crippen molar-refractivity contribution in [1.82, 2.24) is 9.55 Å². The van der Waals surface area contributed by atoms with Gasteiger partial charge in [-0.25, -0.2) is 4.98 Å². The van der Waals surface area contributed by atoms with Gasteiger partial charge in [-0.05, 0) is 41.9 Å². The van der Waals surface area contributed by atoms with Crippen LogP contribution in [0.15, 0.2) is 22.9 Å². The summed E-state index contributed by atoms with van der Waals surface area (Å²) in [6, 6.07) is 4.19. The summed E-state index contributed by atoms with van der Waals surface area (Å²) < 4.78 is 3.04. The van der Waals surface area contributed by atoms with Gasteiger partial charge in [-0.3, -0.25) is 0 Å². The number of hydrogen-bond donors (Lipinski definition) is 1. The van der Waals surface area contributed by atoms with E-state index < -0.39 is 0 Å². The molecule has 0 bridgehead atoms. The Kier molecular flexibility index (Phi) is 2.23. The second-order valence-electron chi connectivity index (χ2n) is 3.58. The highest BCUT2D eigenvalue weighted by Crippen LogP contribution is 2.30. The number of halogens is 1. The average molecular weight is 254 g/mol. The molecular formula is C10H12BrN3. The summed E-state index contributed by atoms with van der Waals surface area (Å²) in [6.07, 6.45) is 1.85. The molecule has 0 aliphatic carbocycles. The molecule has 2 rings (SSSR count). The van der Waals surface area contributed by atoms with E-state index in [4.69, 9.17) is 5.73 Å². The van der Waals surface area contributed by atoms with Crippen LogP contribution >= 0.6 is 15.9 Å². The van der Waals surface area contributed by atoms with Gasteiger partial charge in [-0.15, -0.1) is 0 Å². The Labute approximate surface area is 91.1 Å². The maximum absolute atomic E-state index is 5.83. The molecule has 0 saturated carbocycles. The zero-order valence-corrected chi connectivity index (χ0v) is 9.75. The number of aromatic nitrogens is 2. The number of hydrogen-bond acceptors (Lipinski definition) is 2. The fourth-order valence-electron chi connectivity index (χ4n) is 1.49. The fraction of sp³-hybridized carbons (Fsp3) is 0.300. The Morgan fingerprint density at radius 3 is 2.79 bits per heavy atom. The van der Waals surface area contributed by atoms with Crippen LogP contribution in [0.25, 0.3) is 11.0 Å². The Bertz CT molecular complexity index is 473. The van der Waals surface area contributed by atoms with Crippen LogP contribution < -0.4 is 5.73 Å². The van der Waals surface area contributed by atoms with Crippen molar-refractivity contribution in [2.75, 3.05) is 5.73 Å². The van der Waals surface area contributed by atoms with E-state index in [0.717, 1.165) is 21.2 Å². The molecule has 2 aromatic rings. The minimum Gasteiger partial charge on any atom is -0.398 e. The third-order valence-corrected chi connectivity index (χ3v) is 3.09. The molecular weight excluding hydrogens is 242 g/mol. The summed E-state index contributed by atoms with van der Waals surface area (Å²) in [5.41, 5.74) is 8.62. The summed E-state index contributed by atoms with van der Waals surface area (Å²) >= 11 is 3.49. The summed E-state index contributed by atoms with van der Waals surface area (Å²) in [7, 11) is 0. The van der Waals surface area contributed by atoms with Crippen LogP contribution in [0.5, 0.6) is 0 Å². The van der Waals surface area contributed by atoms with E-state index in [2.05, 4.69) is 39.3 Å². The zero-order valence-electron chi connectivity index (χ0n) is 8.16. The van der Waals surface area contributed by atoms with Gasteiger partial charge in [0.1, 0.15) is 0 Å². The molecule has 0 spiro atoms. The fourth-order valence-corrected chi connectivity index (χ4v) is 2.03. The van der Waals surface area contributed by atoms with Crippen LogP contribution in [0.4, 0.5) is 5.69 Å². The molecule has 0 amide bonds. The molecule has 0 radical (unpaired) electrons. The molecule has 1 aromatic carbocycles. The quantitative estimate of drug-likeness (QED) is 0.795. The first-order valence-corrected chi connectivity index (χ1v) is 5.31. The molecule has 0 aliphatic heterocycles. The zero-order chi connectivity index (χ0) is 10.3. The molecule has 0 saturated heterocycles. The predicted octanol–water partition coefficient (Wildman–Crippen LogP) is 2.96. The van der Waals surface area contributed by atoms with Crippen LogP contribution in [0.1, 0.15) is 19.9 Å². The summed E-state index contributed by atoms with van der Waals surface area (Å²) in [5, 5.41) is 0. The molecule has 0 aliphatic rings. The van der Waals surface area contributed by atoms with Gasteiger partial charge in [0, 0.05) is 11.7 Å². The van der Waals surface area contributed by atoms with Crippen molar-refractivity contribution in [2.45, 2.75) is 19.9 Å². The van der Waals surface area contributed by atoms with Crippen molar-refractivity contribution in [3.05, 3.63) is 22.9 Å². The molecule has 0 fully saturated rings. The highest BCUT2D eigenvalue weighted by atomic mass is 79.9. The topological polar surface area (TPSA) is 43.8 Å². The van der Waals surface area contributed by atoms with Crippen molar-refractivity contribution in [3.63, 3.8) is 0 Å². The standard InChI is InChI=1S/C10H12BrN3/c1-6(2)14-5-13-8-4-3-7(12)9(11)10(8)14/h3-6H,12H2,1-2H3. The maximum atomic E-state index is 5.83. The molecule has 0 atom stereocenters. The van der Waals surface area contributed by atoms with Crippen molar-refractivity contribution in [2.24, 2.45) is 0 Å². The van der Waals surface area contributed by atoms with E-state index >= 15 is 0 Å². The number of imidazole rings is 1. The van der Waals surface area contributed by atoms with E-state index in [1.54, 1.807) is 0 Å². The molecule has 2 N–H and O–H groups in total. The number of nitrogens with zero attached hydrogens (tertiary/aromatic N) is 2. The lowest BCUT2D eigenvalue weighted by Crippen LogP contribution is -1.99. The predicted molar refractivity (Wildman–Crippen MR) is 62.2 cm³/mol. The van der Waals surface area contributed by atoms with E-state index in [9.17, 15) is 0 Å².